The smallest absolute Gasteiger partial charge is 0.231 e. The van der Waals surface area contributed by atoms with Crippen LogP contribution in [0.25, 0.3) is 0 Å². The monoisotopic (exact) mass is 290 g/mol. The molecule has 0 fully saturated rings. The van der Waals surface area contributed by atoms with Gasteiger partial charge in [-0.05, 0) is 30.9 Å². The molecule has 0 bridgehead atoms. The van der Waals surface area contributed by atoms with E-state index in [1.165, 1.54) is 11.1 Å². The van der Waals surface area contributed by atoms with Crippen molar-refractivity contribution in [3.05, 3.63) is 35.4 Å². The Labute approximate surface area is 125 Å². The van der Waals surface area contributed by atoms with Crippen LogP contribution in [0.4, 0.5) is 0 Å². The van der Waals surface area contributed by atoms with Gasteiger partial charge in [0.2, 0.25) is 5.91 Å². The summed E-state index contributed by atoms with van der Waals surface area (Å²) in [7, 11) is 0. The molecule has 1 rings (SSSR count). The maximum atomic E-state index is 11.9. The van der Waals surface area contributed by atoms with Gasteiger partial charge >= 0.3 is 0 Å². The van der Waals surface area contributed by atoms with E-state index in [2.05, 4.69) is 30.4 Å². The third-order valence-corrected chi connectivity index (χ3v) is 4.52. The molecule has 0 spiro atoms. The third kappa shape index (κ3) is 4.57. The molecule has 108 valence electrons. The normalized spacial score (nSPS) is 13.6. The van der Waals surface area contributed by atoms with Crippen molar-refractivity contribution in [2.24, 2.45) is 5.92 Å². The zero-order valence-corrected chi connectivity index (χ0v) is 13.4. The number of carbonyl (C=O) groups excluding carboxylic acids is 1. The number of rotatable bonds is 6. The molecule has 0 aliphatic carbocycles. The number of carbonyl (C=O) groups is 1. The average molecular weight is 290 g/mol. The van der Waals surface area contributed by atoms with Gasteiger partial charge in [-0.3, -0.25) is 4.79 Å². The molecule has 4 heteroatoms. The van der Waals surface area contributed by atoms with Crippen LogP contribution in [0.5, 0.6) is 0 Å². The van der Waals surface area contributed by atoms with Gasteiger partial charge in [0.25, 0.3) is 0 Å². The molecular formula is C16H22N2OS. The highest BCUT2D eigenvalue weighted by Gasteiger charge is 2.29. The summed E-state index contributed by atoms with van der Waals surface area (Å²) in [5.41, 5.74) is 1.70. The first-order chi connectivity index (χ1) is 9.39. The molecule has 20 heavy (non-hydrogen) atoms. The fourth-order valence-corrected chi connectivity index (χ4v) is 2.56. The predicted molar refractivity (Wildman–Crippen MR) is 84.3 cm³/mol. The van der Waals surface area contributed by atoms with E-state index < -0.39 is 5.54 Å². The summed E-state index contributed by atoms with van der Waals surface area (Å²) in [5, 5.41) is 12.0. The Bertz CT molecular complexity index is 507. The van der Waals surface area contributed by atoms with E-state index >= 15 is 0 Å². The number of hydrogen-bond acceptors (Lipinski definition) is 3. The molecule has 1 N–H and O–H groups in total. The Morgan fingerprint density at radius 2 is 2.10 bits per heavy atom. The molecule has 1 aromatic rings. The zero-order valence-electron chi connectivity index (χ0n) is 12.6. The number of nitrogens with one attached hydrogen (secondary N) is 1. The summed E-state index contributed by atoms with van der Waals surface area (Å²) in [6.45, 7) is 7.71. The van der Waals surface area contributed by atoms with Crippen LogP contribution in [0, 0.1) is 24.2 Å². The molecule has 0 aliphatic heterocycles. The average Bonchev–Trinajstić information content (AvgIpc) is 2.40. The predicted octanol–water partition coefficient (Wildman–Crippen LogP) is 3.28. The van der Waals surface area contributed by atoms with Gasteiger partial charge in [0.05, 0.1) is 11.8 Å². The number of nitriles is 1. The second-order valence-corrected chi connectivity index (χ2v) is 6.42. The lowest BCUT2D eigenvalue weighted by atomic mass is 9.90. The quantitative estimate of drug-likeness (QED) is 0.874. The third-order valence-electron chi connectivity index (χ3n) is 3.54. The lowest BCUT2D eigenvalue weighted by molar-refractivity contribution is -0.120. The maximum absolute atomic E-state index is 11.9. The first-order valence-electron chi connectivity index (χ1n) is 6.73. The lowest BCUT2D eigenvalue weighted by Gasteiger charge is -2.27. The Morgan fingerprint density at radius 3 is 2.65 bits per heavy atom. The molecule has 0 radical (unpaired) electrons. The fraction of sp³-hybridized carbons (Fsp3) is 0.500. The van der Waals surface area contributed by atoms with E-state index in [1.54, 1.807) is 18.7 Å². The van der Waals surface area contributed by atoms with Crippen LogP contribution in [-0.2, 0) is 10.5 Å². The minimum absolute atomic E-state index is 0.0813. The highest BCUT2D eigenvalue weighted by Crippen LogP contribution is 2.18. The molecule has 0 heterocycles. The van der Waals surface area contributed by atoms with Gasteiger partial charge in [-0.1, -0.05) is 38.1 Å². The number of thioether (sulfide) groups is 1. The van der Waals surface area contributed by atoms with Crippen LogP contribution in [-0.4, -0.2) is 17.2 Å². The minimum Gasteiger partial charge on any atom is -0.337 e. The van der Waals surface area contributed by atoms with Crippen molar-refractivity contribution >= 4 is 17.7 Å². The Hall–Kier alpha value is -1.47. The molecule has 1 atom stereocenters. The molecule has 0 aliphatic rings. The summed E-state index contributed by atoms with van der Waals surface area (Å²) in [6, 6.07) is 10.4. The summed E-state index contributed by atoms with van der Waals surface area (Å²) in [6.07, 6.45) is 0. The topological polar surface area (TPSA) is 52.9 Å². The van der Waals surface area contributed by atoms with Crippen LogP contribution in [0.1, 0.15) is 31.9 Å². The van der Waals surface area contributed by atoms with Crippen molar-refractivity contribution < 1.29 is 4.79 Å². The van der Waals surface area contributed by atoms with Crippen LogP contribution >= 0.6 is 11.8 Å². The van der Waals surface area contributed by atoms with Crippen molar-refractivity contribution in [1.29, 1.82) is 5.26 Å². The van der Waals surface area contributed by atoms with Gasteiger partial charge < -0.3 is 5.32 Å². The van der Waals surface area contributed by atoms with Gasteiger partial charge in [0.1, 0.15) is 5.54 Å². The fourth-order valence-electron chi connectivity index (χ4n) is 1.65. The first-order valence-corrected chi connectivity index (χ1v) is 7.89. The summed E-state index contributed by atoms with van der Waals surface area (Å²) in [4.78, 5) is 11.9. The minimum atomic E-state index is -0.791. The summed E-state index contributed by atoms with van der Waals surface area (Å²) >= 11 is 1.57. The van der Waals surface area contributed by atoms with E-state index in [9.17, 15) is 10.1 Å². The second-order valence-electron chi connectivity index (χ2n) is 5.44. The molecule has 0 saturated carbocycles. The maximum Gasteiger partial charge on any atom is 0.231 e. The van der Waals surface area contributed by atoms with Crippen LogP contribution in [0.3, 0.4) is 0 Å². The zero-order chi connectivity index (χ0) is 15.2. The van der Waals surface area contributed by atoms with Crippen molar-refractivity contribution in [2.75, 3.05) is 5.75 Å². The Balaban J connectivity index is 2.45. The van der Waals surface area contributed by atoms with Gasteiger partial charge in [0, 0.05) is 5.75 Å². The molecule has 1 amide bonds. The highest BCUT2D eigenvalue weighted by atomic mass is 32.2. The van der Waals surface area contributed by atoms with Gasteiger partial charge in [-0.15, -0.1) is 11.8 Å². The molecule has 3 nitrogen and oxygen atoms in total. The van der Waals surface area contributed by atoms with E-state index in [1.807, 2.05) is 26.0 Å². The van der Waals surface area contributed by atoms with Crippen molar-refractivity contribution in [2.45, 2.75) is 39.0 Å². The SMILES string of the molecule is Cc1ccccc1CSCC(=O)NC(C)(C#N)C(C)C. The van der Waals surface area contributed by atoms with E-state index in [4.69, 9.17) is 0 Å². The van der Waals surface area contributed by atoms with Gasteiger partial charge in [-0.2, -0.15) is 5.26 Å². The standard InChI is InChI=1S/C16H22N2OS/c1-12(2)16(4,11-17)18-15(19)10-20-9-14-8-6-5-7-13(14)3/h5-8,12H,9-10H2,1-4H3,(H,18,19). The van der Waals surface area contributed by atoms with E-state index in [0.717, 1.165) is 5.75 Å². The Morgan fingerprint density at radius 1 is 1.45 bits per heavy atom. The number of benzene rings is 1. The Kier molecular flexibility index (Phi) is 6.09. The van der Waals surface area contributed by atoms with Crippen LogP contribution in [0.15, 0.2) is 24.3 Å². The van der Waals surface area contributed by atoms with Gasteiger partial charge in [-0.25, -0.2) is 0 Å². The van der Waals surface area contributed by atoms with Crippen LogP contribution < -0.4 is 5.32 Å². The van der Waals surface area contributed by atoms with E-state index in [-0.39, 0.29) is 11.8 Å². The molecule has 1 unspecified atom stereocenters. The highest BCUT2D eigenvalue weighted by molar-refractivity contribution is 7.99. The second kappa shape index (κ2) is 7.35. The number of nitrogens with zero attached hydrogens (tertiary/aromatic N) is 1. The van der Waals surface area contributed by atoms with Crippen LogP contribution in [0.2, 0.25) is 0 Å². The van der Waals surface area contributed by atoms with Crippen molar-refractivity contribution in [3.63, 3.8) is 0 Å². The molecule has 1 aromatic carbocycles. The number of amides is 1. The lowest BCUT2D eigenvalue weighted by Crippen LogP contribution is -2.49. The van der Waals surface area contributed by atoms with Crippen molar-refractivity contribution in [3.8, 4) is 6.07 Å². The first kappa shape index (κ1) is 16.6. The number of aryl methyl sites for hydroxylation is 1. The van der Waals surface area contributed by atoms with Crippen molar-refractivity contribution in [1.82, 2.24) is 5.32 Å². The van der Waals surface area contributed by atoms with E-state index in [0.29, 0.717) is 5.75 Å². The largest absolute Gasteiger partial charge is 0.337 e. The molecule has 0 saturated heterocycles. The molecule has 0 aromatic heterocycles. The number of hydrogen-bond donors (Lipinski definition) is 1. The summed E-state index contributed by atoms with van der Waals surface area (Å²) < 4.78 is 0. The van der Waals surface area contributed by atoms with Gasteiger partial charge in [0.15, 0.2) is 0 Å². The molecular weight excluding hydrogens is 268 g/mol. The summed E-state index contributed by atoms with van der Waals surface area (Å²) in [5.74, 6) is 1.18.